The summed E-state index contributed by atoms with van der Waals surface area (Å²) in [5, 5.41) is 25.0. The Bertz CT molecular complexity index is 525. The zero-order valence-electron chi connectivity index (χ0n) is 9.44. The second-order valence-corrected chi connectivity index (χ2v) is 3.13. The highest BCUT2D eigenvalue weighted by atomic mass is 16.6. The summed E-state index contributed by atoms with van der Waals surface area (Å²) in [6, 6.07) is 3.29. The number of nitro groups is 2. The van der Waals surface area contributed by atoms with E-state index in [1.165, 1.54) is 18.3 Å². The number of allylic oxidation sites excluding steroid dienone is 2. The van der Waals surface area contributed by atoms with Crippen LogP contribution in [0.4, 0.5) is 17.1 Å². The maximum Gasteiger partial charge on any atom is 0.301 e. The summed E-state index contributed by atoms with van der Waals surface area (Å²) in [4.78, 5) is 19.9. The van der Waals surface area contributed by atoms with E-state index in [4.69, 9.17) is 0 Å². The first-order chi connectivity index (χ1) is 8.56. The Labute approximate surface area is 102 Å². The molecule has 0 saturated heterocycles. The number of nitro benzene ring substituents is 2. The predicted octanol–water partition coefficient (Wildman–Crippen LogP) is 2.48. The molecule has 0 aliphatic heterocycles. The van der Waals surface area contributed by atoms with Gasteiger partial charge in [0.15, 0.2) is 0 Å². The summed E-state index contributed by atoms with van der Waals surface area (Å²) in [7, 11) is 0. The van der Waals surface area contributed by atoms with E-state index in [0.717, 1.165) is 6.07 Å². The average molecular weight is 250 g/mol. The van der Waals surface area contributed by atoms with Gasteiger partial charge in [0.25, 0.3) is 5.69 Å². The molecule has 0 atom stereocenters. The zero-order valence-corrected chi connectivity index (χ0v) is 9.44. The first kappa shape index (κ1) is 13.3. The lowest BCUT2D eigenvalue weighted by Crippen LogP contribution is -1.98. The van der Waals surface area contributed by atoms with Gasteiger partial charge in [0, 0.05) is 12.3 Å². The van der Waals surface area contributed by atoms with Crippen LogP contribution in [-0.2, 0) is 0 Å². The molecule has 1 N–H and O–H groups in total. The van der Waals surface area contributed by atoms with Gasteiger partial charge in [0.05, 0.1) is 15.9 Å². The van der Waals surface area contributed by atoms with Crippen molar-refractivity contribution < 1.29 is 9.85 Å². The van der Waals surface area contributed by atoms with E-state index in [1.54, 1.807) is 19.1 Å². The minimum Gasteiger partial charge on any atom is -0.272 e. The Kier molecular flexibility index (Phi) is 4.50. The molecule has 0 unspecified atom stereocenters. The quantitative estimate of drug-likeness (QED) is 0.490. The third-order valence-electron chi connectivity index (χ3n) is 1.93. The molecule has 0 bridgehead atoms. The molecule has 0 radical (unpaired) electrons. The smallest absolute Gasteiger partial charge is 0.272 e. The van der Waals surface area contributed by atoms with Gasteiger partial charge < -0.3 is 0 Å². The summed E-state index contributed by atoms with van der Waals surface area (Å²) in [5.74, 6) is 0. The Morgan fingerprint density at radius 3 is 2.56 bits per heavy atom. The lowest BCUT2D eigenvalue weighted by atomic mass is 10.2. The maximum atomic E-state index is 10.8. The van der Waals surface area contributed by atoms with Crippen LogP contribution in [0.5, 0.6) is 0 Å². The van der Waals surface area contributed by atoms with E-state index >= 15 is 0 Å². The molecular weight excluding hydrogens is 240 g/mol. The molecule has 0 aliphatic rings. The average Bonchev–Trinajstić information content (AvgIpc) is 2.34. The fourth-order valence-corrected chi connectivity index (χ4v) is 1.12. The Hall–Kier alpha value is -2.77. The fourth-order valence-electron chi connectivity index (χ4n) is 1.12. The SMILES string of the molecule is C/C=C\C=N\Nc1ccc([N+](=O)[O-])cc1[N+](=O)[O-]. The minimum atomic E-state index is -0.708. The van der Waals surface area contributed by atoms with Crippen LogP contribution in [0.2, 0.25) is 0 Å². The van der Waals surface area contributed by atoms with Crippen LogP contribution in [0.1, 0.15) is 6.92 Å². The third-order valence-corrected chi connectivity index (χ3v) is 1.93. The van der Waals surface area contributed by atoms with Gasteiger partial charge in [-0.3, -0.25) is 25.7 Å². The molecule has 0 heterocycles. The molecule has 8 nitrogen and oxygen atoms in total. The minimum absolute atomic E-state index is 0.0892. The van der Waals surface area contributed by atoms with Crippen LogP contribution >= 0.6 is 0 Å². The van der Waals surface area contributed by atoms with Crippen LogP contribution in [0.25, 0.3) is 0 Å². The number of nitrogens with zero attached hydrogens (tertiary/aromatic N) is 3. The standard InChI is InChI=1S/C10H10N4O4/c1-2-3-6-11-12-9-5-4-8(13(15)16)7-10(9)14(17)18/h2-7,12H,1H3/b3-2-,11-6+. The maximum absolute atomic E-state index is 10.8. The molecule has 0 aliphatic carbocycles. The van der Waals surface area contributed by atoms with Crippen molar-refractivity contribution in [1.82, 2.24) is 0 Å². The lowest BCUT2D eigenvalue weighted by molar-refractivity contribution is -0.393. The summed E-state index contributed by atoms with van der Waals surface area (Å²) in [5.41, 5.74) is 1.79. The van der Waals surface area contributed by atoms with Crippen molar-refractivity contribution in [3.63, 3.8) is 0 Å². The summed E-state index contributed by atoms with van der Waals surface area (Å²) < 4.78 is 0. The molecular formula is C10H10N4O4. The predicted molar refractivity (Wildman–Crippen MR) is 66.7 cm³/mol. The van der Waals surface area contributed by atoms with E-state index in [0.29, 0.717) is 0 Å². The van der Waals surface area contributed by atoms with Gasteiger partial charge in [-0.1, -0.05) is 6.08 Å². The van der Waals surface area contributed by atoms with Gasteiger partial charge in [0.2, 0.25) is 0 Å². The van der Waals surface area contributed by atoms with Crippen LogP contribution in [-0.4, -0.2) is 16.1 Å². The van der Waals surface area contributed by atoms with Gasteiger partial charge in [-0.05, 0) is 19.1 Å². The number of rotatable bonds is 5. The summed E-state index contributed by atoms with van der Waals surface area (Å²) >= 11 is 0. The van der Waals surface area contributed by atoms with E-state index in [2.05, 4.69) is 10.5 Å². The monoisotopic (exact) mass is 250 g/mol. The summed E-state index contributed by atoms with van der Waals surface area (Å²) in [6.45, 7) is 1.79. The van der Waals surface area contributed by atoms with Crippen molar-refractivity contribution in [2.75, 3.05) is 5.43 Å². The van der Waals surface area contributed by atoms with Gasteiger partial charge in [-0.2, -0.15) is 5.10 Å². The normalized spacial score (nSPS) is 10.9. The molecule has 0 saturated carbocycles. The van der Waals surface area contributed by atoms with Gasteiger partial charge in [-0.25, -0.2) is 0 Å². The second kappa shape index (κ2) is 6.09. The molecule has 0 amide bonds. The molecule has 1 aromatic carbocycles. The zero-order chi connectivity index (χ0) is 13.5. The third kappa shape index (κ3) is 3.37. The Balaban J connectivity index is 3.04. The van der Waals surface area contributed by atoms with Crippen molar-refractivity contribution in [2.45, 2.75) is 6.92 Å². The number of hydrogen-bond donors (Lipinski definition) is 1. The van der Waals surface area contributed by atoms with Crippen LogP contribution < -0.4 is 5.43 Å². The van der Waals surface area contributed by atoms with Crippen LogP contribution in [0.15, 0.2) is 35.5 Å². The number of hydrogen-bond acceptors (Lipinski definition) is 6. The number of non-ortho nitro benzene ring substituents is 1. The van der Waals surface area contributed by atoms with Crippen molar-refractivity contribution in [3.8, 4) is 0 Å². The topological polar surface area (TPSA) is 111 Å². The van der Waals surface area contributed by atoms with Crippen molar-refractivity contribution in [1.29, 1.82) is 0 Å². The molecule has 1 rings (SSSR count). The largest absolute Gasteiger partial charge is 0.301 e. The first-order valence-electron chi connectivity index (χ1n) is 4.89. The van der Waals surface area contributed by atoms with Crippen molar-refractivity contribution >= 4 is 23.3 Å². The lowest BCUT2D eigenvalue weighted by Gasteiger charge is -2.01. The highest BCUT2D eigenvalue weighted by Gasteiger charge is 2.18. The van der Waals surface area contributed by atoms with Crippen molar-refractivity contribution in [3.05, 3.63) is 50.6 Å². The number of anilines is 1. The van der Waals surface area contributed by atoms with Crippen LogP contribution in [0.3, 0.4) is 0 Å². The van der Waals surface area contributed by atoms with Gasteiger partial charge in [-0.15, -0.1) is 0 Å². The molecule has 94 valence electrons. The molecule has 8 heteroatoms. The molecule has 0 fully saturated rings. The van der Waals surface area contributed by atoms with Crippen molar-refractivity contribution in [2.24, 2.45) is 5.10 Å². The fraction of sp³-hybridized carbons (Fsp3) is 0.100. The van der Waals surface area contributed by atoms with E-state index in [1.807, 2.05) is 0 Å². The Morgan fingerprint density at radius 2 is 2.00 bits per heavy atom. The number of benzene rings is 1. The molecule has 1 aromatic rings. The van der Waals surface area contributed by atoms with Crippen LogP contribution in [0, 0.1) is 20.2 Å². The molecule has 18 heavy (non-hydrogen) atoms. The van der Waals surface area contributed by atoms with E-state index in [9.17, 15) is 20.2 Å². The molecule has 0 aromatic heterocycles. The van der Waals surface area contributed by atoms with Gasteiger partial charge in [0.1, 0.15) is 5.69 Å². The molecule has 0 spiro atoms. The highest BCUT2D eigenvalue weighted by molar-refractivity contribution is 5.73. The number of hydrazone groups is 1. The summed E-state index contributed by atoms with van der Waals surface area (Å²) in [6.07, 6.45) is 4.77. The second-order valence-electron chi connectivity index (χ2n) is 3.13. The van der Waals surface area contributed by atoms with E-state index < -0.39 is 15.5 Å². The number of nitrogens with one attached hydrogen (secondary N) is 1. The van der Waals surface area contributed by atoms with Gasteiger partial charge >= 0.3 is 5.69 Å². The highest BCUT2D eigenvalue weighted by Crippen LogP contribution is 2.28. The van der Waals surface area contributed by atoms with E-state index in [-0.39, 0.29) is 11.4 Å². The first-order valence-corrected chi connectivity index (χ1v) is 4.89. The Morgan fingerprint density at radius 1 is 1.28 bits per heavy atom.